The first-order valence-electron chi connectivity index (χ1n) is 9.37. The van der Waals surface area contributed by atoms with E-state index in [-0.39, 0.29) is 12.6 Å². The van der Waals surface area contributed by atoms with E-state index < -0.39 is 0 Å². The summed E-state index contributed by atoms with van der Waals surface area (Å²) in [6.45, 7) is 2.74. The summed E-state index contributed by atoms with van der Waals surface area (Å²) in [5.74, 6) is 0.433. The number of anilines is 1. The van der Waals surface area contributed by atoms with E-state index in [4.69, 9.17) is 16.3 Å². The van der Waals surface area contributed by atoms with Gasteiger partial charge in [-0.2, -0.15) is 10.2 Å². The third-order valence-corrected chi connectivity index (χ3v) is 4.69. The van der Waals surface area contributed by atoms with Crippen LogP contribution in [0.2, 0.25) is 5.02 Å². The Labute approximate surface area is 178 Å². The summed E-state index contributed by atoms with van der Waals surface area (Å²) in [7, 11) is 0. The molecule has 7 nitrogen and oxygen atoms in total. The summed E-state index contributed by atoms with van der Waals surface area (Å²) in [6, 6.07) is 16.6. The highest BCUT2D eigenvalue weighted by Gasteiger charge is 2.11. The van der Waals surface area contributed by atoms with Crippen molar-refractivity contribution < 1.29 is 9.53 Å². The standard InChI is InChI=1S/C22H20ClN5O2/c1-16-12-18(23)6-7-21(16)30-15-28-11-8-20(26-28)22(29)25-19-5-2-4-17(13-19)14-27-10-3-9-24-27/h2-13H,14-15H2,1H3,(H,25,29). The molecule has 0 aliphatic heterocycles. The maximum Gasteiger partial charge on any atom is 0.276 e. The van der Waals surface area contributed by atoms with Crippen LogP contribution in [-0.2, 0) is 13.3 Å². The Morgan fingerprint density at radius 2 is 2.00 bits per heavy atom. The number of benzene rings is 2. The summed E-state index contributed by atoms with van der Waals surface area (Å²) >= 11 is 5.96. The molecule has 1 amide bonds. The Balaban J connectivity index is 1.37. The fraction of sp³-hybridized carbons (Fsp3) is 0.136. The lowest BCUT2D eigenvalue weighted by Crippen LogP contribution is -2.14. The summed E-state index contributed by atoms with van der Waals surface area (Å²) in [5.41, 5.74) is 2.98. The third-order valence-electron chi connectivity index (χ3n) is 4.45. The van der Waals surface area contributed by atoms with Crippen molar-refractivity contribution in [3.05, 3.63) is 95.0 Å². The molecule has 0 atom stereocenters. The molecule has 0 bridgehead atoms. The first-order valence-corrected chi connectivity index (χ1v) is 9.75. The van der Waals surface area contributed by atoms with Crippen molar-refractivity contribution >= 4 is 23.2 Å². The van der Waals surface area contributed by atoms with Gasteiger partial charge in [-0.1, -0.05) is 23.7 Å². The topological polar surface area (TPSA) is 74.0 Å². The van der Waals surface area contributed by atoms with E-state index in [1.807, 2.05) is 60.3 Å². The van der Waals surface area contributed by atoms with Crippen molar-refractivity contribution in [2.45, 2.75) is 20.2 Å². The Hall–Kier alpha value is -3.58. The second-order valence-electron chi connectivity index (χ2n) is 6.78. The molecular weight excluding hydrogens is 402 g/mol. The Morgan fingerprint density at radius 3 is 2.80 bits per heavy atom. The van der Waals surface area contributed by atoms with Gasteiger partial charge in [-0.05, 0) is 60.5 Å². The molecule has 30 heavy (non-hydrogen) atoms. The predicted octanol–water partition coefficient (Wildman–Crippen LogP) is 4.38. The number of carbonyl (C=O) groups is 1. The van der Waals surface area contributed by atoms with Crippen molar-refractivity contribution in [2.24, 2.45) is 0 Å². The average molecular weight is 422 g/mol. The summed E-state index contributed by atoms with van der Waals surface area (Å²) in [6.07, 6.45) is 5.33. The lowest BCUT2D eigenvalue weighted by atomic mass is 10.2. The molecule has 152 valence electrons. The van der Waals surface area contributed by atoms with Crippen LogP contribution >= 0.6 is 11.6 Å². The van der Waals surface area contributed by atoms with E-state index in [1.165, 1.54) is 0 Å². The average Bonchev–Trinajstić information content (AvgIpc) is 3.40. The van der Waals surface area contributed by atoms with Crippen molar-refractivity contribution in [1.29, 1.82) is 0 Å². The highest BCUT2D eigenvalue weighted by molar-refractivity contribution is 6.30. The van der Waals surface area contributed by atoms with Crippen LogP contribution in [-0.4, -0.2) is 25.5 Å². The minimum absolute atomic E-state index is 0.190. The third kappa shape index (κ3) is 4.87. The minimum Gasteiger partial charge on any atom is -0.471 e. The van der Waals surface area contributed by atoms with E-state index in [0.717, 1.165) is 16.9 Å². The van der Waals surface area contributed by atoms with E-state index in [2.05, 4.69) is 15.5 Å². The van der Waals surface area contributed by atoms with Gasteiger partial charge in [-0.3, -0.25) is 9.48 Å². The monoisotopic (exact) mass is 421 g/mol. The molecule has 2 heterocycles. The first kappa shape index (κ1) is 19.7. The van der Waals surface area contributed by atoms with Crippen molar-refractivity contribution in [3.8, 4) is 5.75 Å². The maximum atomic E-state index is 12.6. The number of halogens is 1. The second kappa shape index (κ2) is 8.84. The summed E-state index contributed by atoms with van der Waals surface area (Å²) < 4.78 is 9.15. The van der Waals surface area contributed by atoms with E-state index in [9.17, 15) is 4.79 Å². The van der Waals surface area contributed by atoms with E-state index in [0.29, 0.717) is 22.9 Å². The van der Waals surface area contributed by atoms with Gasteiger partial charge in [0.05, 0.1) is 6.54 Å². The largest absolute Gasteiger partial charge is 0.471 e. The maximum absolute atomic E-state index is 12.6. The van der Waals surface area contributed by atoms with Gasteiger partial charge in [-0.25, -0.2) is 4.68 Å². The Bertz CT molecular complexity index is 1150. The van der Waals surface area contributed by atoms with Gasteiger partial charge in [0.25, 0.3) is 5.91 Å². The van der Waals surface area contributed by atoms with Crippen LogP contribution in [0.5, 0.6) is 5.75 Å². The molecule has 0 fully saturated rings. The molecule has 0 unspecified atom stereocenters. The summed E-state index contributed by atoms with van der Waals surface area (Å²) in [5, 5.41) is 12.0. The zero-order chi connectivity index (χ0) is 20.9. The van der Waals surface area contributed by atoms with Gasteiger partial charge in [0.2, 0.25) is 0 Å². The van der Waals surface area contributed by atoms with Crippen molar-refractivity contribution in [3.63, 3.8) is 0 Å². The van der Waals surface area contributed by atoms with Crippen LogP contribution in [0.3, 0.4) is 0 Å². The van der Waals surface area contributed by atoms with Crippen LogP contribution in [0, 0.1) is 6.92 Å². The Morgan fingerprint density at radius 1 is 1.10 bits per heavy atom. The van der Waals surface area contributed by atoms with Gasteiger partial charge < -0.3 is 10.1 Å². The number of amides is 1. The van der Waals surface area contributed by atoms with Crippen molar-refractivity contribution in [1.82, 2.24) is 19.6 Å². The molecular formula is C22H20ClN5O2. The SMILES string of the molecule is Cc1cc(Cl)ccc1OCn1ccc(C(=O)Nc2cccc(Cn3cccn3)c2)n1. The molecule has 4 aromatic rings. The normalized spacial score (nSPS) is 10.7. The molecule has 1 N–H and O–H groups in total. The number of hydrogen-bond donors (Lipinski definition) is 1. The number of nitrogens with one attached hydrogen (secondary N) is 1. The number of ether oxygens (including phenoxy) is 1. The quantitative estimate of drug-likeness (QED) is 0.480. The molecule has 4 rings (SSSR count). The summed E-state index contributed by atoms with van der Waals surface area (Å²) in [4.78, 5) is 12.6. The second-order valence-corrected chi connectivity index (χ2v) is 7.22. The van der Waals surface area contributed by atoms with Crippen LogP contribution in [0.15, 0.2) is 73.2 Å². The van der Waals surface area contributed by atoms with Gasteiger partial charge in [-0.15, -0.1) is 0 Å². The fourth-order valence-electron chi connectivity index (χ4n) is 2.99. The van der Waals surface area contributed by atoms with Gasteiger partial charge >= 0.3 is 0 Å². The molecule has 0 aliphatic carbocycles. The van der Waals surface area contributed by atoms with Gasteiger partial charge in [0, 0.05) is 29.3 Å². The van der Waals surface area contributed by atoms with Crippen LogP contribution < -0.4 is 10.1 Å². The molecule has 0 saturated heterocycles. The zero-order valence-corrected chi connectivity index (χ0v) is 17.1. The van der Waals surface area contributed by atoms with Crippen LogP contribution in [0.25, 0.3) is 0 Å². The number of aryl methyl sites for hydroxylation is 1. The fourth-order valence-corrected chi connectivity index (χ4v) is 3.22. The molecule has 0 aliphatic rings. The molecule has 0 spiro atoms. The number of carbonyl (C=O) groups excluding carboxylic acids is 1. The Kier molecular flexibility index (Phi) is 5.81. The molecule has 0 radical (unpaired) electrons. The van der Waals surface area contributed by atoms with Crippen molar-refractivity contribution in [2.75, 3.05) is 5.32 Å². The lowest BCUT2D eigenvalue weighted by molar-refractivity contribution is 0.102. The highest BCUT2D eigenvalue weighted by Crippen LogP contribution is 2.22. The van der Waals surface area contributed by atoms with Gasteiger partial charge in [0.1, 0.15) is 5.75 Å². The molecule has 0 saturated carbocycles. The number of nitrogens with zero attached hydrogens (tertiary/aromatic N) is 4. The smallest absolute Gasteiger partial charge is 0.276 e. The van der Waals surface area contributed by atoms with E-state index >= 15 is 0 Å². The molecule has 8 heteroatoms. The minimum atomic E-state index is -0.285. The molecule has 2 aromatic heterocycles. The van der Waals surface area contributed by atoms with Gasteiger partial charge in [0.15, 0.2) is 12.4 Å². The lowest BCUT2D eigenvalue weighted by Gasteiger charge is -2.09. The highest BCUT2D eigenvalue weighted by atomic mass is 35.5. The van der Waals surface area contributed by atoms with Crippen LogP contribution in [0.1, 0.15) is 21.6 Å². The zero-order valence-electron chi connectivity index (χ0n) is 16.3. The van der Waals surface area contributed by atoms with Crippen LogP contribution in [0.4, 0.5) is 5.69 Å². The number of rotatable bonds is 7. The van der Waals surface area contributed by atoms with E-state index in [1.54, 1.807) is 29.2 Å². The number of hydrogen-bond acceptors (Lipinski definition) is 4. The predicted molar refractivity (Wildman–Crippen MR) is 115 cm³/mol. The number of aromatic nitrogens is 4. The first-order chi connectivity index (χ1) is 14.6. The molecule has 2 aromatic carbocycles.